The summed E-state index contributed by atoms with van der Waals surface area (Å²) >= 11 is 9.18. The van der Waals surface area contributed by atoms with Gasteiger partial charge in [-0.15, -0.1) is 0 Å². The molecule has 2 aromatic rings. The molecule has 0 aromatic heterocycles. The largest absolute Gasteiger partial charge is 0.456 e. The number of hydrogen-bond acceptors (Lipinski definition) is 2. The van der Waals surface area contributed by atoms with Gasteiger partial charge in [0, 0.05) is 12.1 Å². The highest BCUT2D eigenvalue weighted by atomic mass is 79.9. The van der Waals surface area contributed by atoms with Crippen LogP contribution in [0.15, 0.2) is 40.9 Å². The van der Waals surface area contributed by atoms with E-state index in [1.807, 2.05) is 25.1 Å². The number of ether oxygens (including phenoxy) is 1. The second-order valence-corrected chi connectivity index (χ2v) is 5.89. The van der Waals surface area contributed by atoms with E-state index in [1.165, 1.54) is 18.2 Å². The maximum Gasteiger partial charge on any atom is 0.142 e. The summed E-state index contributed by atoms with van der Waals surface area (Å²) in [5.74, 6) is 0.656. The van der Waals surface area contributed by atoms with Gasteiger partial charge in [0.25, 0.3) is 0 Å². The molecule has 106 valence electrons. The molecule has 2 nitrogen and oxygen atoms in total. The Balaban J connectivity index is 2.19. The van der Waals surface area contributed by atoms with E-state index in [9.17, 15) is 4.39 Å². The number of halogens is 3. The van der Waals surface area contributed by atoms with Crippen molar-refractivity contribution in [1.82, 2.24) is 0 Å². The highest BCUT2D eigenvalue weighted by molar-refractivity contribution is 9.10. The normalized spacial score (nSPS) is 12.2. The second-order valence-electron chi connectivity index (χ2n) is 4.62. The van der Waals surface area contributed by atoms with Crippen molar-refractivity contribution < 1.29 is 9.13 Å². The van der Waals surface area contributed by atoms with E-state index in [2.05, 4.69) is 15.9 Å². The Bertz CT molecular complexity index is 619. The first-order valence-electron chi connectivity index (χ1n) is 6.12. The standard InChI is InChI=1S/C15H14BrClFNO/c1-9(19)6-10-2-5-15(12(16)7-10)20-11-3-4-14(18)13(17)8-11/h2-5,7-9H,6,19H2,1H3. The maximum atomic E-state index is 13.1. The fourth-order valence-corrected chi connectivity index (χ4v) is 2.47. The van der Waals surface area contributed by atoms with E-state index < -0.39 is 5.82 Å². The highest BCUT2D eigenvalue weighted by Crippen LogP contribution is 2.32. The number of hydrogen-bond donors (Lipinski definition) is 1. The zero-order valence-electron chi connectivity index (χ0n) is 10.9. The van der Waals surface area contributed by atoms with Gasteiger partial charge in [-0.3, -0.25) is 0 Å². The molecule has 1 unspecified atom stereocenters. The smallest absolute Gasteiger partial charge is 0.142 e. The van der Waals surface area contributed by atoms with Crippen LogP contribution in [-0.2, 0) is 6.42 Å². The zero-order valence-corrected chi connectivity index (χ0v) is 13.2. The van der Waals surface area contributed by atoms with E-state index in [4.69, 9.17) is 22.1 Å². The van der Waals surface area contributed by atoms with Crippen molar-refractivity contribution in [3.05, 3.63) is 57.3 Å². The Morgan fingerprint density at radius 1 is 1.30 bits per heavy atom. The van der Waals surface area contributed by atoms with Crippen molar-refractivity contribution in [2.75, 3.05) is 0 Å². The summed E-state index contributed by atoms with van der Waals surface area (Å²) in [5.41, 5.74) is 6.89. The predicted octanol–water partition coefficient (Wildman–Crippen LogP) is 4.92. The summed E-state index contributed by atoms with van der Waals surface area (Å²) in [7, 11) is 0. The van der Waals surface area contributed by atoms with Gasteiger partial charge in [-0.25, -0.2) is 4.39 Å². The van der Waals surface area contributed by atoms with Crippen LogP contribution in [0.3, 0.4) is 0 Å². The third kappa shape index (κ3) is 3.95. The molecule has 0 aliphatic rings. The summed E-state index contributed by atoms with van der Waals surface area (Å²) in [6, 6.07) is 10.1. The first kappa shape index (κ1) is 15.3. The Hall–Kier alpha value is -1.10. The summed E-state index contributed by atoms with van der Waals surface area (Å²) in [5, 5.41) is 0.0344. The Labute approximate surface area is 130 Å². The molecule has 2 aromatic carbocycles. The molecule has 0 saturated carbocycles. The van der Waals surface area contributed by atoms with Crippen molar-refractivity contribution >= 4 is 27.5 Å². The predicted molar refractivity (Wildman–Crippen MR) is 83.0 cm³/mol. The minimum atomic E-state index is -0.467. The van der Waals surface area contributed by atoms with Crippen molar-refractivity contribution in [3.8, 4) is 11.5 Å². The van der Waals surface area contributed by atoms with Crippen LogP contribution in [0.25, 0.3) is 0 Å². The van der Waals surface area contributed by atoms with Gasteiger partial charge < -0.3 is 10.5 Å². The fraction of sp³-hybridized carbons (Fsp3) is 0.200. The SMILES string of the molecule is CC(N)Cc1ccc(Oc2ccc(F)c(Cl)c2)c(Br)c1. The van der Waals surface area contributed by atoms with Gasteiger partial charge in [0.2, 0.25) is 0 Å². The minimum Gasteiger partial charge on any atom is -0.456 e. The summed E-state index contributed by atoms with van der Waals surface area (Å²) in [6.45, 7) is 1.96. The summed E-state index contributed by atoms with van der Waals surface area (Å²) in [4.78, 5) is 0. The molecule has 0 heterocycles. The first-order chi connectivity index (χ1) is 9.45. The average Bonchev–Trinajstić information content (AvgIpc) is 2.36. The van der Waals surface area contributed by atoms with Gasteiger partial charge in [-0.2, -0.15) is 0 Å². The quantitative estimate of drug-likeness (QED) is 0.841. The van der Waals surface area contributed by atoms with Gasteiger partial charge in [-0.05, 0) is 59.1 Å². The first-order valence-corrected chi connectivity index (χ1v) is 7.29. The van der Waals surface area contributed by atoms with Gasteiger partial charge in [0.05, 0.1) is 9.50 Å². The zero-order chi connectivity index (χ0) is 14.7. The van der Waals surface area contributed by atoms with Crippen LogP contribution in [0, 0.1) is 5.82 Å². The van der Waals surface area contributed by atoms with Crippen LogP contribution in [0.5, 0.6) is 11.5 Å². The number of nitrogens with two attached hydrogens (primary N) is 1. The van der Waals surface area contributed by atoms with Gasteiger partial charge >= 0.3 is 0 Å². The van der Waals surface area contributed by atoms with E-state index in [-0.39, 0.29) is 11.1 Å². The Kier molecular flexibility index (Phi) is 5.02. The lowest BCUT2D eigenvalue weighted by atomic mass is 10.1. The molecular formula is C15H14BrClFNO. The molecule has 0 aliphatic heterocycles. The molecule has 2 N–H and O–H groups in total. The van der Waals surface area contributed by atoms with Crippen molar-refractivity contribution in [2.24, 2.45) is 5.73 Å². The summed E-state index contributed by atoms with van der Waals surface area (Å²) in [6.07, 6.45) is 0.793. The van der Waals surface area contributed by atoms with Crippen molar-refractivity contribution in [2.45, 2.75) is 19.4 Å². The lowest BCUT2D eigenvalue weighted by Gasteiger charge is -2.11. The van der Waals surface area contributed by atoms with Crippen LogP contribution in [-0.4, -0.2) is 6.04 Å². The lowest BCUT2D eigenvalue weighted by Crippen LogP contribution is -2.17. The van der Waals surface area contributed by atoms with Crippen LogP contribution >= 0.6 is 27.5 Å². The Morgan fingerprint density at radius 2 is 2.05 bits per heavy atom. The highest BCUT2D eigenvalue weighted by Gasteiger charge is 2.07. The van der Waals surface area contributed by atoms with Gasteiger partial charge in [-0.1, -0.05) is 17.7 Å². The van der Waals surface area contributed by atoms with Crippen LogP contribution < -0.4 is 10.5 Å². The molecule has 0 aliphatic carbocycles. The third-order valence-corrected chi connectivity index (χ3v) is 3.58. The molecule has 0 bridgehead atoms. The average molecular weight is 359 g/mol. The van der Waals surface area contributed by atoms with E-state index in [0.29, 0.717) is 11.5 Å². The van der Waals surface area contributed by atoms with E-state index >= 15 is 0 Å². The lowest BCUT2D eigenvalue weighted by molar-refractivity contribution is 0.477. The number of rotatable bonds is 4. The molecule has 5 heteroatoms. The summed E-state index contributed by atoms with van der Waals surface area (Å²) < 4.78 is 19.6. The number of benzene rings is 2. The molecule has 1 atom stereocenters. The minimum absolute atomic E-state index is 0.0344. The molecule has 0 fully saturated rings. The van der Waals surface area contributed by atoms with Crippen molar-refractivity contribution in [3.63, 3.8) is 0 Å². The van der Waals surface area contributed by atoms with Crippen LogP contribution in [0.2, 0.25) is 5.02 Å². The Morgan fingerprint density at radius 3 is 2.65 bits per heavy atom. The van der Waals surface area contributed by atoms with Crippen LogP contribution in [0.4, 0.5) is 4.39 Å². The molecule has 0 radical (unpaired) electrons. The maximum absolute atomic E-state index is 13.1. The fourth-order valence-electron chi connectivity index (χ4n) is 1.79. The molecular weight excluding hydrogens is 345 g/mol. The van der Waals surface area contributed by atoms with Crippen molar-refractivity contribution in [1.29, 1.82) is 0 Å². The van der Waals surface area contributed by atoms with E-state index in [0.717, 1.165) is 16.5 Å². The molecule has 0 saturated heterocycles. The van der Waals surface area contributed by atoms with Gasteiger partial charge in [0.1, 0.15) is 17.3 Å². The van der Waals surface area contributed by atoms with Crippen LogP contribution in [0.1, 0.15) is 12.5 Å². The molecule has 0 amide bonds. The van der Waals surface area contributed by atoms with Gasteiger partial charge in [0.15, 0.2) is 0 Å². The van der Waals surface area contributed by atoms with E-state index in [1.54, 1.807) is 0 Å². The monoisotopic (exact) mass is 357 g/mol. The molecule has 2 rings (SSSR count). The third-order valence-electron chi connectivity index (χ3n) is 2.67. The molecule has 0 spiro atoms. The second kappa shape index (κ2) is 6.57. The topological polar surface area (TPSA) is 35.2 Å². The molecule has 20 heavy (non-hydrogen) atoms.